The van der Waals surface area contributed by atoms with Gasteiger partial charge in [0.15, 0.2) is 0 Å². The summed E-state index contributed by atoms with van der Waals surface area (Å²) >= 11 is 0. The van der Waals surface area contributed by atoms with Crippen molar-refractivity contribution in [1.82, 2.24) is 0 Å². The Morgan fingerprint density at radius 1 is 1.29 bits per heavy atom. The molecule has 0 aliphatic carbocycles. The minimum Gasteiger partial charge on any atom is -0.390 e. The highest BCUT2D eigenvalue weighted by atomic mass is 28.4. The number of epoxide rings is 1. The molecule has 6 heteroatoms. The van der Waals surface area contributed by atoms with Crippen molar-refractivity contribution in [2.24, 2.45) is 0 Å². The molecule has 5 nitrogen and oxygen atoms in total. The third-order valence-corrected chi connectivity index (χ3v) is 5.45. The third kappa shape index (κ3) is 4.65. The van der Waals surface area contributed by atoms with Gasteiger partial charge in [0.25, 0.3) is 0 Å². The van der Waals surface area contributed by atoms with Gasteiger partial charge in [0.05, 0.1) is 13.2 Å². The van der Waals surface area contributed by atoms with E-state index in [1.54, 1.807) is 0 Å². The normalized spacial score (nSPS) is 41.5. The Morgan fingerprint density at radius 2 is 1.94 bits per heavy atom. The molecule has 0 radical (unpaired) electrons. The van der Waals surface area contributed by atoms with Gasteiger partial charge in [-0.3, -0.25) is 0 Å². The molecule has 0 aromatic rings. The topological polar surface area (TPSA) is 60.5 Å². The van der Waals surface area contributed by atoms with E-state index in [4.69, 9.17) is 18.3 Å². The second-order valence-corrected chi connectivity index (χ2v) is 7.34. The summed E-state index contributed by atoms with van der Waals surface area (Å²) in [7, 11) is -2.94. The number of ether oxygens (including phenoxy) is 2. The standard InChI is InChI=1S/C11H22O5Si/c1-9-6-10(2)16-17(12,15-9)5-3-4-13-7-11-8-14-11/h9-12H,3-8H2,1-2H3. The zero-order chi connectivity index (χ0) is 12.3. The lowest BCUT2D eigenvalue weighted by atomic mass is 10.2. The molecule has 0 aromatic heterocycles. The highest BCUT2D eigenvalue weighted by molar-refractivity contribution is 6.59. The SMILES string of the molecule is CC1CC(C)O[Si](O)(CCCOCC2CO2)O1. The van der Waals surface area contributed by atoms with Gasteiger partial charge in [-0.15, -0.1) is 0 Å². The Balaban J connectivity index is 1.61. The van der Waals surface area contributed by atoms with Crippen LogP contribution in [0.1, 0.15) is 26.7 Å². The van der Waals surface area contributed by atoms with Gasteiger partial charge in [0, 0.05) is 24.9 Å². The highest BCUT2D eigenvalue weighted by Gasteiger charge is 2.43. The molecule has 2 aliphatic heterocycles. The summed E-state index contributed by atoms with van der Waals surface area (Å²) in [5.41, 5.74) is 0. The summed E-state index contributed by atoms with van der Waals surface area (Å²) < 4.78 is 21.6. The van der Waals surface area contributed by atoms with Crippen LogP contribution in [0, 0.1) is 0 Å². The fraction of sp³-hybridized carbons (Fsp3) is 1.00. The summed E-state index contributed by atoms with van der Waals surface area (Å²) in [6, 6.07) is 0.577. The zero-order valence-electron chi connectivity index (χ0n) is 10.6. The molecule has 3 unspecified atom stereocenters. The number of hydrogen-bond donors (Lipinski definition) is 1. The fourth-order valence-electron chi connectivity index (χ4n) is 2.11. The molecule has 2 fully saturated rings. The van der Waals surface area contributed by atoms with Gasteiger partial charge >= 0.3 is 8.80 Å². The maximum absolute atomic E-state index is 10.2. The minimum absolute atomic E-state index is 0.0937. The van der Waals surface area contributed by atoms with Crippen molar-refractivity contribution in [3.05, 3.63) is 0 Å². The van der Waals surface area contributed by atoms with E-state index in [2.05, 4.69) is 0 Å². The van der Waals surface area contributed by atoms with Crippen molar-refractivity contribution >= 4 is 8.80 Å². The smallest absolute Gasteiger partial charge is 0.390 e. The maximum atomic E-state index is 10.2. The van der Waals surface area contributed by atoms with Crippen LogP contribution in [0.3, 0.4) is 0 Å². The number of hydrogen-bond acceptors (Lipinski definition) is 5. The molecule has 0 spiro atoms. The summed E-state index contributed by atoms with van der Waals surface area (Å²) in [6.07, 6.45) is 2.12. The maximum Gasteiger partial charge on any atom is 0.498 e. The Labute approximate surface area is 103 Å². The lowest BCUT2D eigenvalue weighted by molar-refractivity contribution is -0.0289. The zero-order valence-corrected chi connectivity index (χ0v) is 11.6. The van der Waals surface area contributed by atoms with Crippen LogP contribution in [-0.2, 0) is 18.3 Å². The summed E-state index contributed by atoms with van der Waals surface area (Å²) in [6.45, 7) is 6.08. The van der Waals surface area contributed by atoms with Crippen molar-refractivity contribution in [2.75, 3.05) is 19.8 Å². The monoisotopic (exact) mass is 262 g/mol. The Kier molecular flexibility index (Phi) is 4.57. The van der Waals surface area contributed by atoms with Crippen LogP contribution in [0.5, 0.6) is 0 Å². The van der Waals surface area contributed by atoms with E-state index >= 15 is 0 Å². The molecule has 17 heavy (non-hydrogen) atoms. The predicted octanol–water partition coefficient (Wildman–Crippen LogP) is 0.937. The van der Waals surface area contributed by atoms with E-state index < -0.39 is 8.80 Å². The van der Waals surface area contributed by atoms with Crippen LogP contribution in [0.25, 0.3) is 0 Å². The van der Waals surface area contributed by atoms with Crippen molar-refractivity contribution in [1.29, 1.82) is 0 Å². The molecule has 0 amide bonds. The average molecular weight is 262 g/mol. The lowest BCUT2D eigenvalue weighted by Gasteiger charge is -2.36. The van der Waals surface area contributed by atoms with E-state index in [0.717, 1.165) is 19.4 Å². The summed E-state index contributed by atoms with van der Waals surface area (Å²) in [5.74, 6) is 0. The first kappa shape index (κ1) is 13.4. The van der Waals surface area contributed by atoms with Gasteiger partial charge in [0.2, 0.25) is 0 Å². The van der Waals surface area contributed by atoms with E-state index in [-0.39, 0.29) is 12.2 Å². The van der Waals surface area contributed by atoms with Crippen LogP contribution < -0.4 is 0 Å². The Hall–Kier alpha value is 0.0169. The van der Waals surface area contributed by atoms with Gasteiger partial charge in [0.1, 0.15) is 6.10 Å². The van der Waals surface area contributed by atoms with E-state index in [9.17, 15) is 4.80 Å². The van der Waals surface area contributed by atoms with Crippen LogP contribution in [0.2, 0.25) is 6.04 Å². The second kappa shape index (κ2) is 5.77. The van der Waals surface area contributed by atoms with E-state index in [1.807, 2.05) is 13.8 Å². The van der Waals surface area contributed by atoms with Crippen LogP contribution in [0.4, 0.5) is 0 Å². The van der Waals surface area contributed by atoms with Crippen LogP contribution in [-0.4, -0.2) is 51.7 Å². The summed E-state index contributed by atoms with van der Waals surface area (Å²) in [5, 5.41) is 0. The Morgan fingerprint density at radius 3 is 2.53 bits per heavy atom. The van der Waals surface area contributed by atoms with Gasteiger partial charge in [-0.2, -0.15) is 0 Å². The molecule has 0 saturated carbocycles. The first-order valence-electron chi connectivity index (χ1n) is 6.35. The molecule has 2 rings (SSSR count). The van der Waals surface area contributed by atoms with E-state index in [1.165, 1.54) is 0 Å². The van der Waals surface area contributed by atoms with Crippen LogP contribution >= 0.6 is 0 Å². The van der Waals surface area contributed by atoms with Gasteiger partial charge in [-0.25, -0.2) is 0 Å². The molecule has 0 bridgehead atoms. The number of rotatable bonds is 6. The van der Waals surface area contributed by atoms with Crippen molar-refractivity contribution in [2.45, 2.75) is 51.0 Å². The molecule has 100 valence electrons. The van der Waals surface area contributed by atoms with Crippen molar-refractivity contribution < 1.29 is 23.1 Å². The highest BCUT2D eigenvalue weighted by Crippen LogP contribution is 2.25. The molecular formula is C11H22O5Si. The second-order valence-electron chi connectivity index (χ2n) is 4.94. The lowest BCUT2D eigenvalue weighted by Crippen LogP contribution is -2.52. The molecule has 0 aromatic carbocycles. The third-order valence-electron chi connectivity index (χ3n) is 2.92. The molecule has 2 heterocycles. The first-order chi connectivity index (χ1) is 8.07. The van der Waals surface area contributed by atoms with Gasteiger partial charge in [-0.05, 0) is 26.7 Å². The quantitative estimate of drug-likeness (QED) is 0.438. The van der Waals surface area contributed by atoms with E-state index in [0.29, 0.717) is 25.4 Å². The van der Waals surface area contributed by atoms with Crippen molar-refractivity contribution in [3.8, 4) is 0 Å². The van der Waals surface area contributed by atoms with Gasteiger partial charge < -0.3 is 23.1 Å². The molecular weight excluding hydrogens is 240 g/mol. The van der Waals surface area contributed by atoms with Gasteiger partial charge in [-0.1, -0.05) is 0 Å². The van der Waals surface area contributed by atoms with Crippen LogP contribution in [0.15, 0.2) is 0 Å². The van der Waals surface area contributed by atoms with Crippen molar-refractivity contribution in [3.63, 3.8) is 0 Å². The Bertz CT molecular complexity index is 236. The predicted molar refractivity (Wildman–Crippen MR) is 63.7 cm³/mol. The largest absolute Gasteiger partial charge is 0.498 e. The minimum atomic E-state index is -2.94. The molecule has 2 aliphatic rings. The molecule has 3 atom stereocenters. The summed E-state index contributed by atoms with van der Waals surface area (Å²) in [4.78, 5) is 10.2. The first-order valence-corrected chi connectivity index (χ1v) is 8.32. The average Bonchev–Trinajstić information content (AvgIpc) is 2.98. The fourth-order valence-corrected chi connectivity index (χ4v) is 4.45. The molecule has 1 N–H and O–H groups in total. The molecule has 2 saturated heterocycles.